The summed E-state index contributed by atoms with van der Waals surface area (Å²) < 4.78 is 70.0. The van der Waals surface area contributed by atoms with Crippen molar-refractivity contribution in [3.63, 3.8) is 0 Å². The molecule has 0 aliphatic carbocycles. The van der Waals surface area contributed by atoms with Crippen LogP contribution in [0.25, 0.3) is 21.5 Å². The largest absolute Gasteiger partial charge is 0.491 e. The third-order valence-corrected chi connectivity index (χ3v) is 13.5. The van der Waals surface area contributed by atoms with Crippen LogP contribution < -0.4 is 26.7 Å². The molecule has 0 saturated carbocycles. The molecule has 2 aromatic carbocycles. The molecule has 398 valence electrons. The molecule has 35 heteroatoms. The number of nitrogens with one attached hydrogen (secondary N) is 3. The summed E-state index contributed by atoms with van der Waals surface area (Å²) in [7, 11) is -17.0. The predicted octanol–water partition coefficient (Wildman–Crippen LogP) is 1.30. The second-order valence-electron chi connectivity index (χ2n) is 15.1. The number of phosphoric ester groups is 1. The highest BCUT2D eigenvalue weighted by Crippen LogP contribution is 2.66. The molecule has 1 aliphatic rings. The van der Waals surface area contributed by atoms with E-state index in [2.05, 4.69) is 55.6 Å². The minimum Gasteiger partial charge on any atom is -0.491 e. The summed E-state index contributed by atoms with van der Waals surface area (Å²) in [6.45, 7) is -2.25. The van der Waals surface area contributed by atoms with E-state index < -0.39 is 90.7 Å². The lowest BCUT2D eigenvalue weighted by Crippen LogP contribution is -2.29. The summed E-state index contributed by atoms with van der Waals surface area (Å²) in [6, 6.07) is 9.03. The molecular formula is C39H44N9O23P3. The van der Waals surface area contributed by atoms with Crippen molar-refractivity contribution < 1.29 is 105 Å². The van der Waals surface area contributed by atoms with Gasteiger partial charge in [0.2, 0.25) is 11.9 Å². The summed E-state index contributed by atoms with van der Waals surface area (Å²) in [6.07, 6.45) is -3.92. The molecule has 1 saturated heterocycles. The Morgan fingerprint density at radius 3 is 2.36 bits per heavy atom. The molecule has 4 aromatic rings. The number of azide groups is 1. The lowest BCUT2D eigenvalue weighted by atomic mass is 10.0. The van der Waals surface area contributed by atoms with Crippen LogP contribution in [0, 0.1) is 11.8 Å². The number of phosphoric acid groups is 3. The average molecular weight is 1100 g/mol. The number of nitrogens with zero attached hydrogens (tertiary/aromatic N) is 5. The maximum atomic E-state index is 12.9. The molecule has 5 rings (SSSR count). The molecule has 3 heterocycles. The number of carbonyl (C=O) groups excluding carboxylic acids is 3. The molecule has 1 fully saturated rings. The van der Waals surface area contributed by atoms with E-state index in [-0.39, 0.29) is 109 Å². The molecule has 2 aromatic heterocycles. The lowest BCUT2D eigenvalue weighted by Gasteiger charge is -2.19. The van der Waals surface area contributed by atoms with E-state index in [0.29, 0.717) is 0 Å². The van der Waals surface area contributed by atoms with Crippen molar-refractivity contribution in [3.05, 3.63) is 97.3 Å². The Labute approximate surface area is 414 Å². The van der Waals surface area contributed by atoms with Crippen LogP contribution in [0.3, 0.4) is 0 Å². The van der Waals surface area contributed by atoms with E-state index in [4.69, 9.17) is 40.0 Å². The van der Waals surface area contributed by atoms with E-state index in [1.165, 1.54) is 29.0 Å². The number of rotatable bonds is 27. The smallest absolute Gasteiger partial charge is 0.490 e. The van der Waals surface area contributed by atoms with Crippen molar-refractivity contribution in [2.75, 3.05) is 51.9 Å². The number of carboxylic acids is 2. The Morgan fingerprint density at radius 2 is 1.69 bits per heavy atom. The van der Waals surface area contributed by atoms with Gasteiger partial charge in [0, 0.05) is 41.6 Å². The second kappa shape index (κ2) is 25.9. The van der Waals surface area contributed by atoms with Gasteiger partial charge in [-0.15, -0.1) is 0 Å². The van der Waals surface area contributed by atoms with Crippen molar-refractivity contribution in [1.82, 2.24) is 25.2 Å². The number of Topliss-reactive ketones (excluding diaryl/α,β-unsaturated/α-hetero) is 1. The number of ether oxygens (including phenoxy) is 4. The molecule has 0 bridgehead atoms. The van der Waals surface area contributed by atoms with Crippen molar-refractivity contribution in [2.45, 2.75) is 43.9 Å². The molecule has 32 nitrogen and oxygen atoms in total. The first-order valence-electron chi connectivity index (χ1n) is 21.0. The van der Waals surface area contributed by atoms with Gasteiger partial charge in [0.25, 0.3) is 11.5 Å². The Balaban J connectivity index is 1.04. The van der Waals surface area contributed by atoms with Crippen molar-refractivity contribution in [1.29, 1.82) is 0 Å². The molecular weight excluding hydrogens is 1060 g/mol. The number of fused-ring (bicyclic) bond motifs is 1. The molecule has 2 amide bonds. The predicted molar refractivity (Wildman–Crippen MR) is 247 cm³/mol. The molecule has 12 N–H and O–H groups in total. The molecule has 0 spiro atoms. The molecule has 3 unspecified atom stereocenters. The van der Waals surface area contributed by atoms with Gasteiger partial charge in [-0.05, 0) is 42.3 Å². The SMILES string of the molecule is [N-]=[N+]=NC(COc1cccc(C(=O)CCCNC(=O)c2cc(C(=O)O)cc(C(=O)O)c2)c1)OCCOCC(=O)NCC#Cc1cn([C@H]2C[C@H](O)[C@@H](COP(=O)(O)OP(=O)(O)OP(=O)(O)O)O2)c2nc(N)[nH]c(=O)c12. The Morgan fingerprint density at radius 1 is 0.986 bits per heavy atom. The minimum absolute atomic E-state index is 0.0104. The van der Waals surface area contributed by atoms with Crippen molar-refractivity contribution in [3.8, 4) is 17.6 Å². The number of aromatic amines is 1. The van der Waals surface area contributed by atoms with Crippen LogP contribution in [0.15, 0.2) is 58.6 Å². The quantitative estimate of drug-likeness (QED) is 0.00762. The van der Waals surface area contributed by atoms with Gasteiger partial charge >= 0.3 is 35.4 Å². The first-order valence-corrected chi connectivity index (χ1v) is 25.5. The van der Waals surface area contributed by atoms with E-state index >= 15 is 0 Å². The van der Waals surface area contributed by atoms with Crippen LogP contribution >= 0.6 is 23.5 Å². The van der Waals surface area contributed by atoms with Gasteiger partial charge in [0.15, 0.2) is 17.7 Å². The topological polar surface area (TPSA) is 492 Å². The third-order valence-electron chi connectivity index (χ3n) is 9.69. The number of nitrogen functional groups attached to an aromatic ring is 1. The number of amides is 2. The van der Waals surface area contributed by atoms with E-state index in [0.717, 1.165) is 18.2 Å². The number of aliphatic hydroxyl groups excluding tert-OH is 1. The average Bonchev–Trinajstić information content (AvgIpc) is 3.87. The number of nitrogens with two attached hydrogens (primary N) is 1. The van der Waals surface area contributed by atoms with Gasteiger partial charge in [-0.3, -0.25) is 28.7 Å². The number of hydrogen-bond acceptors (Lipinski definition) is 20. The van der Waals surface area contributed by atoms with Crippen LogP contribution in [-0.4, -0.2) is 144 Å². The van der Waals surface area contributed by atoms with Crippen LogP contribution in [0.2, 0.25) is 0 Å². The van der Waals surface area contributed by atoms with E-state index in [9.17, 15) is 67.6 Å². The first kappa shape index (κ1) is 58.0. The fourth-order valence-corrected chi connectivity index (χ4v) is 9.57. The highest BCUT2D eigenvalue weighted by Gasteiger charge is 2.43. The first-order chi connectivity index (χ1) is 34.8. The number of benzene rings is 2. The van der Waals surface area contributed by atoms with Gasteiger partial charge in [0.1, 0.15) is 31.3 Å². The van der Waals surface area contributed by atoms with Gasteiger partial charge in [-0.1, -0.05) is 29.1 Å². The fraction of sp³-hybridized carbons (Fsp3) is 0.359. The number of aromatic carboxylic acids is 2. The Hall–Kier alpha value is -6.87. The molecule has 6 atom stereocenters. The minimum atomic E-state index is -5.81. The zero-order valence-electron chi connectivity index (χ0n) is 37.8. The normalized spacial score (nSPS) is 17.4. The number of hydrogen-bond donors (Lipinski definition) is 11. The van der Waals surface area contributed by atoms with Crippen LogP contribution in [0.4, 0.5) is 5.95 Å². The number of anilines is 1. The summed E-state index contributed by atoms with van der Waals surface area (Å²) in [5.74, 6) is 0.799. The zero-order chi connectivity index (χ0) is 54.4. The van der Waals surface area contributed by atoms with E-state index in [1.54, 1.807) is 6.07 Å². The Bertz CT molecular complexity index is 3060. The van der Waals surface area contributed by atoms with Gasteiger partial charge in [-0.25, -0.2) is 23.3 Å². The van der Waals surface area contributed by atoms with Crippen LogP contribution in [-0.2, 0) is 45.8 Å². The molecule has 74 heavy (non-hydrogen) atoms. The van der Waals surface area contributed by atoms with Crippen LogP contribution in [0.5, 0.6) is 5.75 Å². The standard InChI is InChI=1S/C39H44N9O23P3/c40-39-44-34-33(36(53)45-39)22(17-48(34)32-16-28(50)29(69-32)18-68-73(61,62)71-74(63,64)70-72(58,59)60)5-2-8-42-30(51)19-65-10-11-66-31(46-47-41)20-67-26-6-1-4-21(15-26)27(49)7-3-9-43-35(52)23-12-24(37(54)55)14-25(13-23)38(56)57/h1,4,6,12-15,17,28-29,31-32,50H,3,7-11,16,18-20H2,(H,42,51)(H,43,52)(H,54,55)(H,56,57)(H,61,62)(H,63,64)(H2,58,59,60)(H3,40,44,45,53)/t28-,29+,31?,32+/m0/s1. The summed E-state index contributed by atoms with van der Waals surface area (Å²) in [5, 5.41) is 37.5. The number of aliphatic hydroxyl groups is 1. The third kappa shape index (κ3) is 17.7. The number of carbonyl (C=O) groups is 5. The number of carboxylic acid groups (broad SMARTS) is 2. The number of aromatic nitrogens is 3. The highest BCUT2D eigenvalue weighted by atomic mass is 31.3. The van der Waals surface area contributed by atoms with E-state index in [1.807, 2.05) is 0 Å². The zero-order valence-corrected chi connectivity index (χ0v) is 40.5. The van der Waals surface area contributed by atoms with Gasteiger partial charge in [0.05, 0.1) is 54.5 Å². The van der Waals surface area contributed by atoms with Crippen molar-refractivity contribution in [2.24, 2.45) is 5.11 Å². The fourth-order valence-electron chi connectivity index (χ4n) is 6.54. The monoisotopic (exact) mass is 1100 g/mol. The maximum absolute atomic E-state index is 12.9. The number of ketones is 1. The summed E-state index contributed by atoms with van der Waals surface area (Å²) in [5.41, 5.74) is 13.4. The summed E-state index contributed by atoms with van der Waals surface area (Å²) >= 11 is 0. The molecule has 0 radical (unpaired) electrons. The van der Waals surface area contributed by atoms with Gasteiger partial charge < -0.3 is 74.8 Å². The highest BCUT2D eigenvalue weighted by molar-refractivity contribution is 7.66. The lowest BCUT2D eigenvalue weighted by molar-refractivity contribution is -0.126. The number of H-pyrrole nitrogens is 1. The second-order valence-corrected chi connectivity index (χ2v) is 19.5. The Kier molecular flexibility index (Phi) is 20.3. The summed E-state index contributed by atoms with van der Waals surface area (Å²) in [4.78, 5) is 119. The van der Waals surface area contributed by atoms with Crippen molar-refractivity contribution >= 4 is 70.0 Å². The van der Waals surface area contributed by atoms with Gasteiger partial charge in [-0.2, -0.15) is 13.6 Å². The molecule has 1 aliphatic heterocycles. The maximum Gasteiger partial charge on any atom is 0.490 e. The van der Waals surface area contributed by atoms with Crippen LogP contribution in [0.1, 0.15) is 72.5 Å².